The highest BCUT2D eigenvalue weighted by atomic mass is 35.5. The van der Waals surface area contributed by atoms with Gasteiger partial charge < -0.3 is 10.2 Å². The molecule has 2 heterocycles. The first-order chi connectivity index (χ1) is 11.1. The molecule has 2 aromatic rings. The quantitative estimate of drug-likeness (QED) is 0.794. The standard InChI is InChI=1S/C16H18ClN3OS2/c1-11-9-22-16(18-11)23-10-15(21)19-13-8-12(17)4-5-14(13)20-6-2-3-7-20/h4-5,8-9H,2-3,6-7,10H2,1H3,(H,19,21). The minimum absolute atomic E-state index is 0.0365. The van der Waals surface area contributed by atoms with E-state index in [-0.39, 0.29) is 5.91 Å². The summed E-state index contributed by atoms with van der Waals surface area (Å²) in [4.78, 5) is 18.9. The Balaban J connectivity index is 1.66. The second-order valence-corrected chi connectivity index (χ2v) is 7.96. The Hall–Kier alpha value is -1.24. The number of hydrogen-bond acceptors (Lipinski definition) is 5. The Labute approximate surface area is 149 Å². The number of carbonyl (C=O) groups excluding carboxylic acids is 1. The fraction of sp³-hybridized carbons (Fsp3) is 0.375. The first-order valence-electron chi connectivity index (χ1n) is 7.51. The van der Waals surface area contributed by atoms with Crippen molar-refractivity contribution >= 4 is 52.0 Å². The lowest BCUT2D eigenvalue weighted by atomic mass is 10.2. The van der Waals surface area contributed by atoms with Crippen molar-refractivity contribution in [1.82, 2.24) is 4.98 Å². The average Bonchev–Trinajstić information content (AvgIpc) is 3.17. The summed E-state index contributed by atoms with van der Waals surface area (Å²) < 4.78 is 0.920. The predicted octanol–water partition coefficient (Wildman–Crippen LogP) is 4.44. The van der Waals surface area contributed by atoms with E-state index in [0.717, 1.165) is 34.5 Å². The Kier molecular flexibility index (Phi) is 5.46. The van der Waals surface area contributed by atoms with Crippen LogP contribution in [-0.4, -0.2) is 29.7 Å². The van der Waals surface area contributed by atoms with Gasteiger partial charge in [-0.3, -0.25) is 4.79 Å². The van der Waals surface area contributed by atoms with Crippen LogP contribution in [0.5, 0.6) is 0 Å². The number of nitrogens with one attached hydrogen (secondary N) is 1. The number of aromatic nitrogens is 1. The van der Waals surface area contributed by atoms with Gasteiger partial charge in [-0.05, 0) is 38.0 Å². The Morgan fingerprint density at radius 3 is 2.91 bits per heavy atom. The molecule has 0 aliphatic carbocycles. The molecule has 1 aliphatic heterocycles. The molecular formula is C16H18ClN3OS2. The van der Waals surface area contributed by atoms with Gasteiger partial charge in [-0.25, -0.2) is 4.98 Å². The van der Waals surface area contributed by atoms with E-state index in [1.165, 1.54) is 24.6 Å². The number of carbonyl (C=O) groups is 1. The van der Waals surface area contributed by atoms with Gasteiger partial charge >= 0.3 is 0 Å². The first-order valence-corrected chi connectivity index (χ1v) is 9.75. The van der Waals surface area contributed by atoms with Crippen molar-refractivity contribution in [1.29, 1.82) is 0 Å². The van der Waals surface area contributed by atoms with Crippen LogP contribution in [0.1, 0.15) is 18.5 Å². The molecule has 0 unspecified atom stereocenters. The molecule has 0 atom stereocenters. The van der Waals surface area contributed by atoms with Crippen molar-refractivity contribution in [3.63, 3.8) is 0 Å². The molecule has 1 saturated heterocycles. The zero-order valence-corrected chi connectivity index (χ0v) is 15.2. The van der Waals surface area contributed by atoms with Crippen LogP contribution in [0.3, 0.4) is 0 Å². The zero-order valence-electron chi connectivity index (χ0n) is 12.8. The molecule has 1 aromatic carbocycles. The van der Waals surface area contributed by atoms with Crippen LogP contribution in [-0.2, 0) is 4.79 Å². The number of nitrogens with zero attached hydrogens (tertiary/aromatic N) is 2. The van der Waals surface area contributed by atoms with Crippen LogP contribution in [0.15, 0.2) is 27.9 Å². The molecule has 0 radical (unpaired) electrons. The van der Waals surface area contributed by atoms with Gasteiger partial charge in [-0.2, -0.15) is 0 Å². The first kappa shape index (κ1) is 16.6. The van der Waals surface area contributed by atoms with Gasteiger partial charge in [0.1, 0.15) is 0 Å². The van der Waals surface area contributed by atoms with E-state index in [2.05, 4.69) is 15.2 Å². The summed E-state index contributed by atoms with van der Waals surface area (Å²) in [6.45, 7) is 4.00. The molecule has 1 N–H and O–H groups in total. The number of amides is 1. The van der Waals surface area contributed by atoms with Crippen molar-refractivity contribution in [2.75, 3.05) is 29.1 Å². The second-order valence-electron chi connectivity index (χ2n) is 5.45. The minimum atomic E-state index is -0.0365. The summed E-state index contributed by atoms with van der Waals surface area (Å²) in [6.07, 6.45) is 2.38. The smallest absolute Gasteiger partial charge is 0.234 e. The Bertz CT molecular complexity index is 698. The third-order valence-corrected chi connectivity index (χ3v) is 5.98. The van der Waals surface area contributed by atoms with E-state index in [0.29, 0.717) is 10.8 Å². The fourth-order valence-electron chi connectivity index (χ4n) is 2.55. The lowest BCUT2D eigenvalue weighted by molar-refractivity contribution is -0.113. The molecule has 0 spiro atoms. The SMILES string of the molecule is Cc1csc(SCC(=O)Nc2cc(Cl)ccc2N2CCCC2)n1. The number of halogens is 1. The lowest BCUT2D eigenvalue weighted by Crippen LogP contribution is -2.21. The van der Waals surface area contributed by atoms with Crippen LogP contribution < -0.4 is 10.2 Å². The predicted molar refractivity (Wildman–Crippen MR) is 99.1 cm³/mol. The summed E-state index contributed by atoms with van der Waals surface area (Å²) >= 11 is 9.13. The number of anilines is 2. The van der Waals surface area contributed by atoms with Crippen LogP contribution in [0, 0.1) is 6.92 Å². The summed E-state index contributed by atoms with van der Waals surface area (Å²) in [6, 6.07) is 5.68. The third kappa shape index (κ3) is 4.40. The summed E-state index contributed by atoms with van der Waals surface area (Å²) in [5.74, 6) is 0.310. The molecule has 1 aliphatic rings. The highest BCUT2D eigenvalue weighted by molar-refractivity contribution is 8.01. The normalized spacial score (nSPS) is 14.3. The van der Waals surface area contributed by atoms with Crippen molar-refractivity contribution in [3.8, 4) is 0 Å². The minimum Gasteiger partial charge on any atom is -0.370 e. The number of hydrogen-bond donors (Lipinski definition) is 1. The van der Waals surface area contributed by atoms with Crippen molar-refractivity contribution in [2.24, 2.45) is 0 Å². The largest absolute Gasteiger partial charge is 0.370 e. The zero-order chi connectivity index (χ0) is 16.2. The van der Waals surface area contributed by atoms with Gasteiger partial charge in [0.2, 0.25) is 5.91 Å². The molecule has 0 bridgehead atoms. The molecule has 7 heteroatoms. The molecule has 4 nitrogen and oxygen atoms in total. The maximum Gasteiger partial charge on any atom is 0.234 e. The van der Waals surface area contributed by atoms with Gasteiger partial charge in [0, 0.05) is 29.2 Å². The number of rotatable bonds is 5. The van der Waals surface area contributed by atoms with Gasteiger partial charge in [0.15, 0.2) is 4.34 Å². The van der Waals surface area contributed by atoms with Crippen LogP contribution in [0.2, 0.25) is 5.02 Å². The van der Waals surface area contributed by atoms with Crippen LogP contribution in [0.4, 0.5) is 11.4 Å². The third-order valence-electron chi connectivity index (χ3n) is 3.60. The van der Waals surface area contributed by atoms with Crippen LogP contribution in [0.25, 0.3) is 0 Å². The molecule has 122 valence electrons. The number of thiazole rings is 1. The highest BCUT2D eigenvalue weighted by Crippen LogP contribution is 2.32. The van der Waals surface area contributed by atoms with E-state index in [4.69, 9.17) is 11.6 Å². The Morgan fingerprint density at radius 2 is 2.22 bits per heavy atom. The maximum atomic E-state index is 12.3. The fourth-order valence-corrected chi connectivity index (χ4v) is 4.38. The number of benzene rings is 1. The van der Waals surface area contributed by atoms with Gasteiger partial charge in [0.05, 0.1) is 17.1 Å². The van der Waals surface area contributed by atoms with Crippen molar-refractivity contribution in [2.45, 2.75) is 24.1 Å². The molecule has 23 heavy (non-hydrogen) atoms. The highest BCUT2D eigenvalue weighted by Gasteiger charge is 2.17. The second kappa shape index (κ2) is 7.55. The summed E-state index contributed by atoms with van der Waals surface area (Å²) in [5, 5.41) is 5.62. The van der Waals surface area contributed by atoms with E-state index in [1.54, 1.807) is 11.3 Å². The molecule has 1 amide bonds. The van der Waals surface area contributed by atoms with E-state index >= 15 is 0 Å². The molecule has 1 fully saturated rings. The van der Waals surface area contributed by atoms with Crippen molar-refractivity contribution in [3.05, 3.63) is 34.3 Å². The maximum absolute atomic E-state index is 12.3. The topological polar surface area (TPSA) is 45.2 Å². The monoisotopic (exact) mass is 367 g/mol. The van der Waals surface area contributed by atoms with E-state index < -0.39 is 0 Å². The van der Waals surface area contributed by atoms with Crippen LogP contribution >= 0.6 is 34.7 Å². The van der Waals surface area contributed by atoms with E-state index in [9.17, 15) is 4.79 Å². The van der Waals surface area contributed by atoms with E-state index in [1.807, 2.05) is 30.5 Å². The van der Waals surface area contributed by atoms with Crippen molar-refractivity contribution < 1.29 is 4.79 Å². The Morgan fingerprint density at radius 1 is 1.43 bits per heavy atom. The summed E-state index contributed by atoms with van der Waals surface area (Å²) in [7, 11) is 0. The summed E-state index contributed by atoms with van der Waals surface area (Å²) in [5.41, 5.74) is 2.83. The molecule has 1 aromatic heterocycles. The number of thioether (sulfide) groups is 1. The van der Waals surface area contributed by atoms with Gasteiger partial charge in [-0.15, -0.1) is 11.3 Å². The average molecular weight is 368 g/mol. The van der Waals surface area contributed by atoms with Gasteiger partial charge in [-0.1, -0.05) is 23.4 Å². The molecule has 3 rings (SSSR count). The van der Waals surface area contributed by atoms with Gasteiger partial charge in [0.25, 0.3) is 0 Å². The number of aryl methyl sites for hydroxylation is 1. The lowest BCUT2D eigenvalue weighted by Gasteiger charge is -2.21. The molecular weight excluding hydrogens is 350 g/mol. The molecule has 0 saturated carbocycles.